The predicted octanol–water partition coefficient (Wildman–Crippen LogP) is 2.38. The minimum absolute atomic E-state index is 0.0720. The van der Waals surface area contributed by atoms with Crippen LogP contribution in [0.3, 0.4) is 0 Å². The van der Waals surface area contributed by atoms with Crippen molar-refractivity contribution < 1.29 is 23.5 Å². The van der Waals surface area contributed by atoms with E-state index in [1.165, 1.54) is 41.4 Å². The number of nitrogens with zero attached hydrogens (tertiary/aromatic N) is 4. The molecule has 0 radical (unpaired) electrons. The SMILES string of the molecule is O=C(c1ccc(-c2ncc3cc(F)ccc3n2)cc1F)N1CCN(C(=O)C2(O)CC2)CC1. The van der Waals surface area contributed by atoms with E-state index in [4.69, 9.17) is 0 Å². The molecule has 2 fully saturated rings. The van der Waals surface area contributed by atoms with E-state index in [0.717, 1.165) is 0 Å². The van der Waals surface area contributed by atoms with E-state index in [9.17, 15) is 23.5 Å². The van der Waals surface area contributed by atoms with E-state index < -0.39 is 23.1 Å². The van der Waals surface area contributed by atoms with Crippen LogP contribution >= 0.6 is 0 Å². The maximum atomic E-state index is 14.8. The number of hydrogen-bond acceptors (Lipinski definition) is 5. The molecule has 1 aliphatic carbocycles. The van der Waals surface area contributed by atoms with Crippen molar-refractivity contribution in [3.05, 3.63) is 59.8 Å². The fourth-order valence-corrected chi connectivity index (χ4v) is 3.88. The van der Waals surface area contributed by atoms with Crippen LogP contribution in [0.25, 0.3) is 22.3 Å². The maximum absolute atomic E-state index is 14.8. The third kappa shape index (κ3) is 3.69. The van der Waals surface area contributed by atoms with E-state index in [0.29, 0.717) is 42.4 Å². The molecule has 2 heterocycles. The van der Waals surface area contributed by atoms with Crippen molar-refractivity contribution in [2.24, 2.45) is 0 Å². The number of carbonyl (C=O) groups excluding carboxylic acids is 2. The van der Waals surface area contributed by atoms with Crippen LogP contribution in [0.4, 0.5) is 8.78 Å². The number of piperazine rings is 1. The van der Waals surface area contributed by atoms with Crippen molar-refractivity contribution in [3.8, 4) is 11.4 Å². The summed E-state index contributed by atoms with van der Waals surface area (Å²) in [6, 6.07) is 8.31. The number of aromatic nitrogens is 2. The topological polar surface area (TPSA) is 86.6 Å². The Morgan fingerprint density at radius 1 is 0.969 bits per heavy atom. The van der Waals surface area contributed by atoms with Gasteiger partial charge < -0.3 is 14.9 Å². The zero-order valence-electron chi connectivity index (χ0n) is 17.1. The van der Waals surface area contributed by atoms with Gasteiger partial charge in [-0.05, 0) is 43.2 Å². The van der Waals surface area contributed by atoms with Crippen molar-refractivity contribution in [2.45, 2.75) is 18.4 Å². The highest BCUT2D eigenvalue weighted by Gasteiger charge is 2.50. The van der Waals surface area contributed by atoms with Gasteiger partial charge in [-0.2, -0.15) is 0 Å². The van der Waals surface area contributed by atoms with E-state index in [1.807, 2.05) is 0 Å². The number of carbonyl (C=O) groups is 2. The second kappa shape index (κ2) is 7.59. The fraction of sp³-hybridized carbons (Fsp3) is 0.304. The quantitative estimate of drug-likeness (QED) is 0.679. The number of halogens is 2. The number of rotatable bonds is 3. The molecule has 164 valence electrons. The lowest BCUT2D eigenvalue weighted by atomic mass is 10.1. The number of hydrogen-bond donors (Lipinski definition) is 1. The van der Waals surface area contributed by atoms with Crippen LogP contribution in [0.2, 0.25) is 0 Å². The summed E-state index contributed by atoms with van der Waals surface area (Å²) in [6.45, 7) is 1.15. The van der Waals surface area contributed by atoms with Crippen LogP contribution in [0, 0.1) is 11.6 Å². The summed E-state index contributed by atoms with van der Waals surface area (Å²) in [6.07, 6.45) is 2.41. The molecule has 32 heavy (non-hydrogen) atoms. The van der Waals surface area contributed by atoms with Crippen molar-refractivity contribution >= 4 is 22.7 Å². The van der Waals surface area contributed by atoms with Crippen molar-refractivity contribution in [1.29, 1.82) is 0 Å². The number of aliphatic hydroxyl groups is 1. The molecule has 1 N–H and O–H groups in total. The molecule has 1 aliphatic heterocycles. The Bertz CT molecular complexity index is 1240. The monoisotopic (exact) mass is 438 g/mol. The van der Waals surface area contributed by atoms with E-state index in [1.54, 1.807) is 11.0 Å². The van der Waals surface area contributed by atoms with Gasteiger partial charge in [0.25, 0.3) is 11.8 Å². The van der Waals surface area contributed by atoms with Crippen LogP contribution in [-0.4, -0.2) is 68.5 Å². The Hall–Kier alpha value is -3.46. The van der Waals surface area contributed by atoms with E-state index >= 15 is 0 Å². The molecule has 3 aromatic rings. The number of benzene rings is 2. The lowest BCUT2D eigenvalue weighted by Gasteiger charge is -2.35. The first-order valence-electron chi connectivity index (χ1n) is 10.4. The number of amides is 2. The lowest BCUT2D eigenvalue weighted by Crippen LogP contribution is -2.53. The molecule has 1 saturated heterocycles. The summed E-state index contributed by atoms with van der Waals surface area (Å²) in [5.74, 6) is -1.57. The van der Waals surface area contributed by atoms with Crippen LogP contribution < -0.4 is 0 Å². The van der Waals surface area contributed by atoms with Crippen LogP contribution in [0.1, 0.15) is 23.2 Å². The summed E-state index contributed by atoms with van der Waals surface area (Å²) in [4.78, 5) is 36.6. The van der Waals surface area contributed by atoms with Gasteiger partial charge in [-0.3, -0.25) is 9.59 Å². The summed E-state index contributed by atoms with van der Waals surface area (Å²) >= 11 is 0. The molecule has 2 aromatic carbocycles. The molecule has 7 nitrogen and oxygen atoms in total. The van der Waals surface area contributed by atoms with Gasteiger partial charge in [-0.15, -0.1) is 0 Å². The Balaban J connectivity index is 1.31. The summed E-state index contributed by atoms with van der Waals surface area (Å²) in [7, 11) is 0. The summed E-state index contributed by atoms with van der Waals surface area (Å²) in [5.41, 5.74) is -0.372. The minimum atomic E-state index is -1.23. The molecule has 9 heteroatoms. The molecule has 0 unspecified atom stereocenters. The molecular formula is C23H20F2N4O3. The standard InChI is InChI=1S/C23H20F2N4O3/c24-16-2-4-19-15(11-16)13-26-20(27-19)14-1-3-17(18(25)12-14)21(30)28-7-9-29(10-8-28)22(31)23(32)5-6-23/h1-4,11-13,32H,5-10H2. The first kappa shape index (κ1) is 20.4. The molecule has 0 spiro atoms. The second-order valence-corrected chi connectivity index (χ2v) is 8.21. The highest BCUT2D eigenvalue weighted by Crippen LogP contribution is 2.37. The van der Waals surface area contributed by atoms with Gasteiger partial charge in [0, 0.05) is 43.3 Å². The average Bonchev–Trinajstić information content (AvgIpc) is 3.56. The fourth-order valence-electron chi connectivity index (χ4n) is 3.88. The Morgan fingerprint density at radius 2 is 1.69 bits per heavy atom. The maximum Gasteiger partial charge on any atom is 0.256 e. The molecular weight excluding hydrogens is 418 g/mol. The van der Waals surface area contributed by atoms with Crippen molar-refractivity contribution in [2.75, 3.05) is 26.2 Å². The average molecular weight is 438 g/mol. The molecule has 1 saturated carbocycles. The lowest BCUT2D eigenvalue weighted by molar-refractivity contribution is -0.143. The largest absolute Gasteiger partial charge is 0.380 e. The third-order valence-corrected chi connectivity index (χ3v) is 5.98. The molecule has 2 amide bonds. The van der Waals surface area contributed by atoms with Crippen LogP contribution in [-0.2, 0) is 4.79 Å². The summed E-state index contributed by atoms with van der Waals surface area (Å²) < 4.78 is 28.2. The smallest absolute Gasteiger partial charge is 0.256 e. The normalized spacial score (nSPS) is 17.5. The van der Waals surface area contributed by atoms with Gasteiger partial charge >= 0.3 is 0 Å². The summed E-state index contributed by atoms with van der Waals surface area (Å²) in [5, 5.41) is 10.5. The predicted molar refractivity (Wildman–Crippen MR) is 112 cm³/mol. The first-order valence-corrected chi connectivity index (χ1v) is 10.4. The van der Waals surface area contributed by atoms with Crippen molar-refractivity contribution in [3.63, 3.8) is 0 Å². The molecule has 1 aromatic heterocycles. The second-order valence-electron chi connectivity index (χ2n) is 8.21. The number of fused-ring (bicyclic) bond motifs is 1. The zero-order chi connectivity index (χ0) is 22.5. The van der Waals surface area contributed by atoms with Gasteiger partial charge in [0.15, 0.2) is 5.82 Å². The molecule has 5 rings (SSSR count). The molecule has 0 atom stereocenters. The van der Waals surface area contributed by atoms with E-state index in [2.05, 4.69) is 9.97 Å². The highest BCUT2D eigenvalue weighted by molar-refractivity contribution is 5.95. The van der Waals surface area contributed by atoms with Gasteiger partial charge in [0.2, 0.25) is 0 Å². The van der Waals surface area contributed by atoms with Gasteiger partial charge in [0.1, 0.15) is 17.2 Å². The molecule has 0 bridgehead atoms. The molecule has 2 aliphatic rings. The Morgan fingerprint density at radius 3 is 2.38 bits per heavy atom. The van der Waals surface area contributed by atoms with Gasteiger partial charge in [-0.25, -0.2) is 18.7 Å². The third-order valence-electron chi connectivity index (χ3n) is 5.98. The van der Waals surface area contributed by atoms with E-state index in [-0.39, 0.29) is 30.4 Å². The highest BCUT2D eigenvalue weighted by atomic mass is 19.1. The van der Waals surface area contributed by atoms with Crippen molar-refractivity contribution in [1.82, 2.24) is 19.8 Å². The minimum Gasteiger partial charge on any atom is -0.380 e. The van der Waals surface area contributed by atoms with Gasteiger partial charge in [-0.1, -0.05) is 6.07 Å². The zero-order valence-corrected chi connectivity index (χ0v) is 17.1. The Labute approximate surface area is 182 Å². The first-order chi connectivity index (χ1) is 15.3. The Kier molecular flexibility index (Phi) is 4.85. The van der Waals surface area contributed by atoms with Crippen LogP contribution in [0.15, 0.2) is 42.6 Å². The van der Waals surface area contributed by atoms with Gasteiger partial charge in [0.05, 0.1) is 11.1 Å². The van der Waals surface area contributed by atoms with Crippen LogP contribution in [0.5, 0.6) is 0 Å².